The molecule has 7 heteroatoms. The Morgan fingerprint density at radius 1 is 0.931 bits per heavy atom. The summed E-state index contributed by atoms with van der Waals surface area (Å²) in [5.41, 5.74) is 1.38. The maximum atomic E-state index is 12.3. The lowest BCUT2D eigenvalue weighted by Crippen LogP contribution is -2.47. The maximum Gasteiger partial charge on any atom is 0.321 e. The first-order valence-electron chi connectivity index (χ1n) is 9.70. The number of para-hydroxylation sites is 1. The molecule has 1 saturated heterocycles. The summed E-state index contributed by atoms with van der Waals surface area (Å²) in [5, 5.41) is 5.87. The molecule has 0 saturated carbocycles. The van der Waals surface area contributed by atoms with Crippen molar-refractivity contribution in [1.29, 1.82) is 0 Å². The molecule has 0 aromatic heterocycles. The number of piperidine rings is 1. The molecule has 29 heavy (non-hydrogen) atoms. The Bertz CT molecular complexity index is 847. The lowest BCUT2D eigenvalue weighted by Gasteiger charge is -2.32. The van der Waals surface area contributed by atoms with Gasteiger partial charge in [-0.1, -0.05) is 46.3 Å². The van der Waals surface area contributed by atoms with Crippen LogP contribution in [0.1, 0.15) is 36.0 Å². The molecular weight excluding hydrogens is 434 g/mol. The quantitative estimate of drug-likeness (QED) is 0.637. The van der Waals surface area contributed by atoms with Crippen molar-refractivity contribution in [3.63, 3.8) is 0 Å². The van der Waals surface area contributed by atoms with Crippen LogP contribution in [0.4, 0.5) is 10.5 Å². The van der Waals surface area contributed by atoms with Crippen LogP contribution in [0.2, 0.25) is 0 Å². The van der Waals surface area contributed by atoms with Crippen LogP contribution in [-0.4, -0.2) is 41.8 Å². The SMILES string of the molecule is O=C(CCC(=O)c1ccc(Br)cc1)NC1CCN(C(=O)Nc2ccccc2)CC1. The Hall–Kier alpha value is -2.67. The Balaban J connectivity index is 1.37. The maximum absolute atomic E-state index is 12.3. The van der Waals surface area contributed by atoms with E-state index in [2.05, 4.69) is 26.6 Å². The number of Topliss-reactive ketones (excluding diaryl/α,β-unsaturated/α-hetero) is 1. The number of urea groups is 1. The zero-order valence-corrected chi connectivity index (χ0v) is 17.7. The van der Waals surface area contributed by atoms with E-state index < -0.39 is 0 Å². The van der Waals surface area contributed by atoms with Gasteiger partial charge < -0.3 is 15.5 Å². The first kappa shape index (κ1) is 21.0. The fraction of sp³-hybridized carbons (Fsp3) is 0.318. The number of halogens is 1. The molecule has 2 N–H and O–H groups in total. The smallest absolute Gasteiger partial charge is 0.321 e. The molecule has 1 fully saturated rings. The van der Waals surface area contributed by atoms with Crippen LogP contribution >= 0.6 is 15.9 Å². The second-order valence-electron chi connectivity index (χ2n) is 7.06. The number of ketones is 1. The molecular formula is C22H24BrN3O3. The van der Waals surface area contributed by atoms with Crippen LogP contribution in [0.5, 0.6) is 0 Å². The third-order valence-electron chi connectivity index (χ3n) is 4.92. The molecule has 1 aliphatic heterocycles. The Morgan fingerprint density at radius 3 is 2.24 bits per heavy atom. The number of hydrogen-bond donors (Lipinski definition) is 2. The van der Waals surface area contributed by atoms with Gasteiger partial charge in [0.15, 0.2) is 5.78 Å². The number of likely N-dealkylation sites (tertiary alicyclic amines) is 1. The molecule has 6 nitrogen and oxygen atoms in total. The van der Waals surface area contributed by atoms with Crippen molar-refractivity contribution in [2.75, 3.05) is 18.4 Å². The van der Waals surface area contributed by atoms with Gasteiger partial charge in [-0.15, -0.1) is 0 Å². The van der Waals surface area contributed by atoms with Crippen molar-refractivity contribution in [3.05, 3.63) is 64.6 Å². The number of nitrogens with one attached hydrogen (secondary N) is 2. The molecule has 0 bridgehead atoms. The molecule has 0 unspecified atom stereocenters. The van der Waals surface area contributed by atoms with Gasteiger partial charge in [0.25, 0.3) is 0 Å². The molecule has 1 heterocycles. The van der Waals surface area contributed by atoms with Gasteiger partial charge in [-0.25, -0.2) is 4.79 Å². The highest BCUT2D eigenvalue weighted by molar-refractivity contribution is 9.10. The summed E-state index contributed by atoms with van der Waals surface area (Å²) < 4.78 is 0.913. The topological polar surface area (TPSA) is 78.5 Å². The van der Waals surface area contributed by atoms with Crippen molar-refractivity contribution in [2.45, 2.75) is 31.7 Å². The van der Waals surface area contributed by atoms with Crippen molar-refractivity contribution in [1.82, 2.24) is 10.2 Å². The fourth-order valence-corrected chi connectivity index (χ4v) is 3.52. The molecule has 0 radical (unpaired) electrons. The number of carbonyl (C=O) groups is 3. The van der Waals surface area contributed by atoms with Crippen LogP contribution in [0.25, 0.3) is 0 Å². The van der Waals surface area contributed by atoms with Crippen molar-refractivity contribution < 1.29 is 14.4 Å². The molecule has 1 aliphatic rings. The van der Waals surface area contributed by atoms with Crippen molar-refractivity contribution in [2.24, 2.45) is 0 Å². The standard InChI is InChI=1S/C22H24BrN3O3/c23-17-8-6-16(7-9-17)20(27)10-11-21(28)24-19-12-14-26(15-13-19)22(29)25-18-4-2-1-3-5-18/h1-9,19H,10-15H2,(H,24,28)(H,25,29). The third-order valence-corrected chi connectivity index (χ3v) is 5.45. The zero-order chi connectivity index (χ0) is 20.6. The van der Waals surface area contributed by atoms with Gasteiger partial charge in [-0.3, -0.25) is 9.59 Å². The van der Waals surface area contributed by atoms with E-state index >= 15 is 0 Å². The number of nitrogens with zero attached hydrogens (tertiary/aromatic N) is 1. The Morgan fingerprint density at radius 2 is 1.59 bits per heavy atom. The number of anilines is 1. The second kappa shape index (κ2) is 10.2. The summed E-state index contributed by atoms with van der Waals surface area (Å²) in [6.07, 6.45) is 1.76. The summed E-state index contributed by atoms with van der Waals surface area (Å²) in [4.78, 5) is 38.4. The van der Waals surface area contributed by atoms with E-state index in [1.165, 1.54) is 0 Å². The summed E-state index contributed by atoms with van der Waals surface area (Å²) in [6.45, 7) is 1.17. The minimum absolute atomic E-state index is 0.0334. The first-order chi connectivity index (χ1) is 14.0. The lowest BCUT2D eigenvalue weighted by molar-refractivity contribution is -0.122. The number of rotatable bonds is 6. The van der Waals surface area contributed by atoms with E-state index in [0.29, 0.717) is 31.5 Å². The van der Waals surface area contributed by atoms with E-state index in [0.717, 1.165) is 10.2 Å². The summed E-state index contributed by atoms with van der Waals surface area (Å²) >= 11 is 3.34. The number of carbonyl (C=O) groups excluding carboxylic acids is 3. The summed E-state index contributed by atoms with van der Waals surface area (Å²) in [5.74, 6) is -0.164. The predicted molar refractivity (Wildman–Crippen MR) is 116 cm³/mol. The van der Waals surface area contributed by atoms with Crippen LogP contribution in [0.3, 0.4) is 0 Å². The average Bonchev–Trinajstić information content (AvgIpc) is 2.74. The predicted octanol–water partition coefficient (Wildman–Crippen LogP) is 4.22. The molecule has 3 amide bonds. The second-order valence-corrected chi connectivity index (χ2v) is 7.97. The van der Waals surface area contributed by atoms with Crippen LogP contribution in [0.15, 0.2) is 59.1 Å². The highest BCUT2D eigenvalue weighted by atomic mass is 79.9. The highest BCUT2D eigenvalue weighted by Crippen LogP contribution is 2.15. The van der Waals surface area contributed by atoms with E-state index in [1.54, 1.807) is 17.0 Å². The molecule has 2 aromatic rings. The van der Waals surface area contributed by atoms with Gasteiger partial charge in [-0.2, -0.15) is 0 Å². The van der Waals surface area contributed by atoms with Crippen LogP contribution in [0, 0.1) is 0 Å². The Labute approximate surface area is 178 Å². The van der Waals surface area contributed by atoms with E-state index in [1.807, 2.05) is 42.5 Å². The number of hydrogen-bond acceptors (Lipinski definition) is 3. The molecule has 2 aromatic carbocycles. The molecule has 0 spiro atoms. The van der Waals surface area contributed by atoms with E-state index in [9.17, 15) is 14.4 Å². The first-order valence-corrected chi connectivity index (χ1v) is 10.5. The minimum Gasteiger partial charge on any atom is -0.353 e. The van der Waals surface area contributed by atoms with Gasteiger partial charge in [0.2, 0.25) is 5.91 Å². The average molecular weight is 458 g/mol. The third kappa shape index (κ3) is 6.42. The van der Waals surface area contributed by atoms with Gasteiger partial charge in [-0.05, 0) is 37.1 Å². The monoisotopic (exact) mass is 457 g/mol. The minimum atomic E-state index is -0.124. The summed E-state index contributed by atoms with van der Waals surface area (Å²) in [7, 11) is 0. The largest absolute Gasteiger partial charge is 0.353 e. The van der Waals surface area contributed by atoms with Gasteiger partial charge >= 0.3 is 6.03 Å². The zero-order valence-electron chi connectivity index (χ0n) is 16.1. The van der Waals surface area contributed by atoms with Crippen LogP contribution in [-0.2, 0) is 4.79 Å². The molecule has 0 atom stereocenters. The van der Waals surface area contributed by atoms with E-state index in [4.69, 9.17) is 0 Å². The number of amides is 3. The molecule has 0 aliphatic carbocycles. The van der Waals surface area contributed by atoms with Gasteiger partial charge in [0, 0.05) is 47.7 Å². The van der Waals surface area contributed by atoms with Gasteiger partial charge in [0.05, 0.1) is 0 Å². The van der Waals surface area contributed by atoms with Crippen molar-refractivity contribution in [3.8, 4) is 0 Å². The van der Waals surface area contributed by atoms with Gasteiger partial charge in [0.1, 0.15) is 0 Å². The highest BCUT2D eigenvalue weighted by Gasteiger charge is 2.24. The summed E-state index contributed by atoms with van der Waals surface area (Å²) in [6, 6.07) is 16.4. The molecule has 3 rings (SSSR count). The number of benzene rings is 2. The van der Waals surface area contributed by atoms with Crippen molar-refractivity contribution >= 4 is 39.3 Å². The fourth-order valence-electron chi connectivity index (χ4n) is 3.26. The van der Waals surface area contributed by atoms with Crippen LogP contribution < -0.4 is 10.6 Å². The van der Waals surface area contributed by atoms with E-state index in [-0.39, 0.29) is 36.6 Å². The normalized spacial score (nSPS) is 14.3. The molecule has 152 valence electrons. The Kier molecular flexibility index (Phi) is 7.41. The lowest BCUT2D eigenvalue weighted by atomic mass is 10.0.